The fourth-order valence-electron chi connectivity index (χ4n) is 1.66. The lowest BCUT2D eigenvalue weighted by molar-refractivity contribution is -0.384. The lowest BCUT2D eigenvalue weighted by atomic mass is 10.2. The van der Waals surface area contributed by atoms with Gasteiger partial charge in [-0.15, -0.1) is 0 Å². The highest BCUT2D eigenvalue weighted by molar-refractivity contribution is 6.32. The maximum absolute atomic E-state index is 10.7. The minimum absolute atomic E-state index is 0.104. The molecule has 0 spiro atoms. The Balaban J connectivity index is 2.10. The van der Waals surface area contributed by atoms with Gasteiger partial charge in [0, 0.05) is 6.42 Å². The predicted molar refractivity (Wildman–Crippen MR) is 62.3 cm³/mol. The number of hydrogen-bond donors (Lipinski definition) is 0. The van der Waals surface area contributed by atoms with Gasteiger partial charge >= 0.3 is 0 Å². The van der Waals surface area contributed by atoms with E-state index in [4.69, 9.17) is 21.1 Å². The molecule has 0 N–H and O–H groups in total. The van der Waals surface area contributed by atoms with E-state index in [2.05, 4.69) is 0 Å². The summed E-state index contributed by atoms with van der Waals surface area (Å²) in [5.41, 5.74) is -0.153. The third-order valence-electron chi connectivity index (χ3n) is 2.52. The molecule has 1 aliphatic heterocycles. The molecule has 5 nitrogen and oxygen atoms in total. The van der Waals surface area contributed by atoms with Crippen LogP contribution in [0, 0.1) is 10.1 Å². The number of halogens is 1. The van der Waals surface area contributed by atoms with E-state index in [1.807, 2.05) is 0 Å². The Bertz CT molecular complexity index is 418. The maximum Gasteiger partial charge on any atom is 0.291 e. The highest BCUT2D eigenvalue weighted by Crippen LogP contribution is 2.29. The van der Waals surface area contributed by atoms with Gasteiger partial charge in [-0.1, -0.05) is 11.6 Å². The number of rotatable bonds is 3. The first-order chi connectivity index (χ1) is 8.16. The highest BCUT2D eigenvalue weighted by Gasteiger charge is 2.18. The number of hydrogen-bond acceptors (Lipinski definition) is 4. The van der Waals surface area contributed by atoms with E-state index in [-0.39, 0.29) is 17.0 Å². The topological polar surface area (TPSA) is 61.6 Å². The van der Waals surface area contributed by atoms with Crippen LogP contribution in [0.1, 0.15) is 19.3 Å². The quantitative estimate of drug-likeness (QED) is 0.616. The zero-order chi connectivity index (χ0) is 12.3. The van der Waals surface area contributed by atoms with E-state index in [0.717, 1.165) is 19.3 Å². The molecule has 2 rings (SSSR count). The molecular weight excluding hydrogens is 246 g/mol. The molecule has 1 aromatic rings. The van der Waals surface area contributed by atoms with Crippen molar-refractivity contribution in [3.63, 3.8) is 0 Å². The van der Waals surface area contributed by atoms with Crippen LogP contribution in [0.3, 0.4) is 0 Å². The van der Waals surface area contributed by atoms with Crippen LogP contribution in [0.2, 0.25) is 5.02 Å². The normalized spacial score (nSPS) is 19.9. The van der Waals surface area contributed by atoms with Crippen LogP contribution < -0.4 is 4.74 Å². The molecule has 0 radical (unpaired) electrons. The standard InChI is InChI=1S/C11H12ClNO4/c12-9-5-4-8(7-10(9)13(14)15)17-11-3-1-2-6-16-11/h4-5,7,11H,1-3,6H2. The maximum atomic E-state index is 10.7. The Morgan fingerprint density at radius 2 is 2.29 bits per heavy atom. The molecular formula is C11H12ClNO4. The van der Waals surface area contributed by atoms with Crippen LogP contribution in [0.15, 0.2) is 18.2 Å². The molecule has 0 aromatic heterocycles. The second-order valence-electron chi connectivity index (χ2n) is 3.78. The van der Waals surface area contributed by atoms with Crippen molar-refractivity contribution in [1.82, 2.24) is 0 Å². The van der Waals surface area contributed by atoms with Crippen LogP contribution in [0.5, 0.6) is 5.75 Å². The minimum Gasteiger partial charge on any atom is -0.465 e. The van der Waals surface area contributed by atoms with Gasteiger partial charge in [-0.3, -0.25) is 10.1 Å². The van der Waals surface area contributed by atoms with Crippen molar-refractivity contribution >= 4 is 17.3 Å². The van der Waals surface area contributed by atoms with E-state index >= 15 is 0 Å². The Kier molecular flexibility index (Phi) is 3.81. The fraction of sp³-hybridized carbons (Fsp3) is 0.455. The van der Waals surface area contributed by atoms with Crippen LogP contribution in [-0.2, 0) is 4.74 Å². The van der Waals surface area contributed by atoms with Crippen LogP contribution >= 0.6 is 11.6 Å². The number of nitro benzene ring substituents is 1. The predicted octanol–water partition coefficient (Wildman–Crippen LogP) is 3.15. The minimum atomic E-state index is -0.531. The molecule has 1 saturated heterocycles. The smallest absolute Gasteiger partial charge is 0.291 e. The van der Waals surface area contributed by atoms with Gasteiger partial charge in [-0.05, 0) is 25.0 Å². The number of ether oxygens (including phenoxy) is 2. The first-order valence-electron chi connectivity index (χ1n) is 5.39. The van der Waals surface area contributed by atoms with Gasteiger partial charge in [0.2, 0.25) is 0 Å². The summed E-state index contributed by atoms with van der Waals surface area (Å²) in [6, 6.07) is 4.38. The molecule has 1 unspecified atom stereocenters. The van der Waals surface area contributed by atoms with E-state index in [1.165, 1.54) is 12.1 Å². The van der Waals surface area contributed by atoms with Gasteiger partial charge in [0.15, 0.2) is 6.29 Å². The van der Waals surface area contributed by atoms with Gasteiger partial charge in [0.25, 0.3) is 5.69 Å². The van der Waals surface area contributed by atoms with Gasteiger partial charge < -0.3 is 9.47 Å². The fourth-order valence-corrected chi connectivity index (χ4v) is 1.85. The van der Waals surface area contributed by atoms with Crippen molar-refractivity contribution in [2.45, 2.75) is 25.6 Å². The van der Waals surface area contributed by atoms with Gasteiger partial charge in [0.05, 0.1) is 17.6 Å². The summed E-state index contributed by atoms with van der Waals surface area (Å²) in [6.45, 7) is 0.667. The van der Waals surface area contributed by atoms with Crippen molar-refractivity contribution in [3.05, 3.63) is 33.3 Å². The van der Waals surface area contributed by atoms with E-state index in [9.17, 15) is 10.1 Å². The average Bonchev–Trinajstić information content (AvgIpc) is 2.32. The van der Waals surface area contributed by atoms with Gasteiger partial charge in [-0.25, -0.2) is 0 Å². The number of nitro groups is 1. The Morgan fingerprint density at radius 3 is 2.94 bits per heavy atom. The lowest BCUT2D eigenvalue weighted by Gasteiger charge is -2.23. The lowest BCUT2D eigenvalue weighted by Crippen LogP contribution is -2.24. The molecule has 0 bridgehead atoms. The first kappa shape index (κ1) is 12.1. The summed E-state index contributed by atoms with van der Waals surface area (Å²) < 4.78 is 10.9. The van der Waals surface area contributed by atoms with E-state index in [1.54, 1.807) is 6.07 Å². The summed E-state index contributed by atoms with van der Waals surface area (Å²) in [7, 11) is 0. The SMILES string of the molecule is O=[N+]([O-])c1cc(OC2CCCCO2)ccc1Cl. The second-order valence-corrected chi connectivity index (χ2v) is 4.19. The summed E-state index contributed by atoms with van der Waals surface area (Å²) in [6.07, 6.45) is 2.56. The monoisotopic (exact) mass is 257 g/mol. The first-order valence-corrected chi connectivity index (χ1v) is 5.77. The van der Waals surface area contributed by atoms with Gasteiger partial charge in [-0.2, -0.15) is 0 Å². The van der Waals surface area contributed by atoms with Crippen LogP contribution in [0.4, 0.5) is 5.69 Å². The molecule has 6 heteroatoms. The molecule has 0 amide bonds. The summed E-state index contributed by atoms with van der Waals surface area (Å²) in [4.78, 5) is 10.2. The molecule has 92 valence electrons. The zero-order valence-corrected chi connectivity index (χ0v) is 9.85. The van der Waals surface area contributed by atoms with Crippen molar-refractivity contribution in [1.29, 1.82) is 0 Å². The number of benzene rings is 1. The Morgan fingerprint density at radius 1 is 1.47 bits per heavy atom. The Hall–Kier alpha value is -1.33. The molecule has 0 aliphatic carbocycles. The summed E-state index contributed by atoms with van der Waals surface area (Å²) >= 11 is 5.71. The average molecular weight is 258 g/mol. The largest absolute Gasteiger partial charge is 0.465 e. The van der Waals surface area contributed by atoms with Crippen LogP contribution in [-0.4, -0.2) is 17.8 Å². The zero-order valence-electron chi connectivity index (χ0n) is 9.10. The van der Waals surface area contributed by atoms with E-state index in [0.29, 0.717) is 12.4 Å². The van der Waals surface area contributed by atoms with Gasteiger partial charge in [0.1, 0.15) is 10.8 Å². The second kappa shape index (κ2) is 5.33. The summed E-state index contributed by atoms with van der Waals surface area (Å²) in [5.74, 6) is 0.410. The molecule has 0 saturated carbocycles. The molecule has 1 heterocycles. The van der Waals surface area contributed by atoms with Crippen molar-refractivity contribution < 1.29 is 14.4 Å². The third-order valence-corrected chi connectivity index (χ3v) is 2.84. The molecule has 1 atom stereocenters. The van der Waals surface area contributed by atoms with Crippen molar-refractivity contribution in [2.75, 3.05) is 6.61 Å². The number of nitrogens with zero attached hydrogens (tertiary/aromatic N) is 1. The molecule has 1 aliphatic rings. The Labute approximate surface area is 103 Å². The molecule has 17 heavy (non-hydrogen) atoms. The van der Waals surface area contributed by atoms with Crippen molar-refractivity contribution in [2.24, 2.45) is 0 Å². The molecule has 1 fully saturated rings. The third kappa shape index (κ3) is 3.08. The van der Waals surface area contributed by atoms with Crippen molar-refractivity contribution in [3.8, 4) is 5.75 Å². The molecule has 1 aromatic carbocycles. The summed E-state index contributed by atoms with van der Waals surface area (Å²) in [5, 5.41) is 10.8. The van der Waals surface area contributed by atoms with E-state index < -0.39 is 4.92 Å². The highest BCUT2D eigenvalue weighted by atomic mass is 35.5. The van der Waals surface area contributed by atoms with Crippen LogP contribution in [0.25, 0.3) is 0 Å².